The largest absolute Gasteiger partial charge is 0.392 e. The summed E-state index contributed by atoms with van der Waals surface area (Å²) in [6.07, 6.45) is 1.95. The van der Waals surface area contributed by atoms with Crippen molar-refractivity contribution < 1.29 is 18.3 Å². The summed E-state index contributed by atoms with van der Waals surface area (Å²) in [5, 5.41) is 9.03. The molecule has 1 fully saturated rings. The highest BCUT2D eigenvalue weighted by Gasteiger charge is 2.21. The molecule has 1 aromatic carbocycles. The first-order chi connectivity index (χ1) is 9.53. The third kappa shape index (κ3) is 4.02. The molecule has 112 valence electrons. The van der Waals surface area contributed by atoms with E-state index in [1.165, 1.54) is 6.07 Å². The van der Waals surface area contributed by atoms with E-state index in [1.807, 2.05) is 0 Å². The first-order valence-electron chi connectivity index (χ1n) is 6.49. The van der Waals surface area contributed by atoms with E-state index in [-0.39, 0.29) is 17.4 Å². The lowest BCUT2D eigenvalue weighted by molar-refractivity contribution is 0.0568. The molecule has 1 atom stereocenters. The molecule has 1 aliphatic heterocycles. The van der Waals surface area contributed by atoms with Crippen LogP contribution in [0.2, 0.25) is 0 Å². The standard InChI is InChI=1S/C13H18BrNO4S/c14-12-6-10(8-16)3-4-13(12)20(17,18)15-7-11-2-1-5-19-9-11/h3-4,6,11,15-16H,1-2,5,7-9H2. The maximum atomic E-state index is 12.3. The van der Waals surface area contributed by atoms with Crippen LogP contribution < -0.4 is 4.72 Å². The van der Waals surface area contributed by atoms with E-state index >= 15 is 0 Å². The van der Waals surface area contributed by atoms with Gasteiger partial charge in [-0.05, 0) is 52.4 Å². The Morgan fingerprint density at radius 1 is 1.45 bits per heavy atom. The van der Waals surface area contributed by atoms with Crippen LogP contribution in [-0.2, 0) is 21.4 Å². The van der Waals surface area contributed by atoms with Crippen LogP contribution >= 0.6 is 15.9 Å². The van der Waals surface area contributed by atoms with Gasteiger partial charge in [0.25, 0.3) is 0 Å². The molecule has 0 aromatic heterocycles. The minimum absolute atomic E-state index is 0.119. The summed E-state index contributed by atoms with van der Waals surface area (Å²) in [5.74, 6) is 0.231. The maximum absolute atomic E-state index is 12.3. The van der Waals surface area contributed by atoms with Crippen molar-refractivity contribution in [3.05, 3.63) is 28.2 Å². The second-order valence-electron chi connectivity index (χ2n) is 4.86. The number of nitrogens with one attached hydrogen (secondary N) is 1. The van der Waals surface area contributed by atoms with Gasteiger partial charge in [0.1, 0.15) is 0 Å². The van der Waals surface area contributed by atoms with Gasteiger partial charge in [0.05, 0.1) is 18.1 Å². The van der Waals surface area contributed by atoms with Crippen molar-refractivity contribution in [2.24, 2.45) is 5.92 Å². The van der Waals surface area contributed by atoms with Gasteiger partial charge in [-0.2, -0.15) is 0 Å². The molecule has 2 N–H and O–H groups in total. The van der Waals surface area contributed by atoms with E-state index < -0.39 is 10.0 Å². The number of benzene rings is 1. The Kier molecular flexibility index (Phi) is 5.57. The number of hydrogen-bond donors (Lipinski definition) is 2. The quantitative estimate of drug-likeness (QED) is 0.833. The van der Waals surface area contributed by atoms with Crippen LogP contribution in [0.15, 0.2) is 27.6 Å². The van der Waals surface area contributed by atoms with E-state index in [0.717, 1.165) is 19.4 Å². The molecule has 20 heavy (non-hydrogen) atoms. The van der Waals surface area contributed by atoms with Crippen LogP contribution in [-0.4, -0.2) is 33.3 Å². The SMILES string of the molecule is O=S(=O)(NCC1CCCOC1)c1ccc(CO)cc1Br. The fourth-order valence-corrected chi connectivity index (χ4v) is 4.37. The van der Waals surface area contributed by atoms with Crippen LogP contribution in [0, 0.1) is 5.92 Å². The Morgan fingerprint density at radius 2 is 2.25 bits per heavy atom. The van der Waals surface area contributed by atoms with Gasteiger partial charge in [-0.15, -0.1) is 0 Å². The molecular weight excluding hydrogens is 346 g/mol. The minimum Gasteiger partial charge on any atom is -0.392 e. The van der Waals surface area contributed by atoms with Crippen LogP contribution in [0.1, 0.15) is 18.4 Å². The topological polar surface area (TPSA) is 75.6 Å². The fraction of sp³-hybridized carbons (Fsp3) is 0.538. The normalized spacial score (nSPS) is 20.0. The van der Waals surface area contributed by atoms with Gasteiger partial charge in [-0.1, -0.05) is 6.07 Å². The fourth-order valence-electron chi connectivity index (χ4n) is 2.13. The predicted octanol–water partition coefficient (Wildman–Crippen LogP) is 1.65. The van der Waals surface area contributed by atoms with Crippen molar-refractivity contribution in [3.8, 4) is 0 Å². The van der Waals surface area contributed by atoms with Crippen LogP contribution in [0.25, 0.3) is 0 Å². The van der Waals surface area contributed by atoms with Gasteiger partial charge in [0.15, 0.2) is 0 Å². The van der Waals surface area contributed by atoms with Crippen molar-refractivity contribution in [2.45, 2.75) is 24.3 Å². The van der Waals surface area contributed by atoms with Crippen molar-refractivity contribution in [3.63, 3.8) is 0 Å². The number of halogens is 1. The smallest absolute Gasteiger partial charge is 0.241 e. The van der Waals surface area contributed by atoms with Gasteiger partial charge in [0.2, 0.25) is 10.0 Å². The Morgan fingerprint density at radius 3 is 2.85 bits per heavy atom. The highest BCUT2D eigenvalue weighted by molar-refractivity contribution is 9.10. The average molecular weight is 364 g/mol. The lowest BCUT2D eigenvalue weighted by Crippen LogP contribution is -2.33. The molecular formula is C13H18BrNO4S. The number of aliphatic hydroxyl groups excluding tert-OH is 1. The summed E-state index contributed by atoms with van der Waals surface area (Å²) >= 11 is 3.23. The molecule has 2 rings (SSSR count). The van der Waals surface area contributed by atoms with Crippen LogP contribution in [0.5, 0.6) is 0 Å². The summed E-state index contributed by atoms with van der Waals surface area (Å²) in [6.45, 7) is 1.63. The zero-order valence-electron chi connectivity index (χ0n) is 11.0. The van der Waals surface area contributed by atoms with E-state index in [2.05, 4.69) is 20.7 Å². The molecule has 0 bridgehead atoms. The lowest BCUT2D eigenvalue weighted by atomic mass is 10.0. The van der Waals surface area contributed by atoms with Gasteiger partial charge in [-0.3, -0.25) is 0 Å². The van der Waals surface area contributed by atoms with E-state index in [1.54, 1.807) is 12.1 Å². The van der Waals surface area contributed by atoms with Gasteiger partial charge >= 0.3 is 0 Å². The van der Waals surface area contributed by atoms with Gasteiger partial charge in [0, 0.05) is 17.6 Å². The van der Waals surface area contributed by atoms with Crippen LogP contribution in [0.3, 0.4) is 0 Å². The predicted molar refractivity (Wildman–Crippen MR) is 78.8 cm³/mol. The molecule has 7 heteroatoms. The minimum atomic E-state index is -3.55. The first-order valence-corrected chi connectivity index (χ1v) is 8.77. The monoisotopic (exact) mass is 363 g/mol. The second-order valence-corrected chi connectivity index (χ2v) is 7.45. The summed E-state index contributed by atoms with van der Waals surface area (Å²) in [4.78, 5) is 0.187. The van der Waals surface area contributed by atoms with Crippen molar-refractivity contribution in [2.75, 3.05) is 19.8 Å². The molecule has 0 radical (unpaired) electrons. The molecule has 0 aliphatic carbocycles. The van der Waals surface area contributed by atoms with E-state index in [4.69, 9.17) is 9.84 Å². The zero-order valence-corrected chi connectivity index (χ0v) is 13.4. The van der Waals surface area contributed by atoms with E-state index in [0.29, 0.717) is 23.2 Å². The third-order valence-corrected chi connectivity index (χ3v) is 5.69. The van der Waals surface area contributed by atoms with Gasteiger partial charge < -0.3 is 9.84 Å². The van der Waals surface area contributed by atoms with Crippen molar-refractivity contribution >= 4 is 26.0 Å². The highest BCUT2D eigenvalue weighted by atomic mass is 79.9. The molecule has 1 heterocycles. The second kappa shape index (κ2) is 7.00. The van der Waals surface area contributed by atoms with Crippen molar-refractivity contribution in [1.82, 2.24) is 4.72 Å². The maximum Gasteiger partial charge on any atom is 0.241 e. The number of ether oxygens (including phenoxy) is 1. The van der Waals surface area contributed by atoms with Gasteiger partial charge in [-0.25, -0.2) is 13.1 Å². The Hall–Kier alpha value is -0.470. The Balaban J connectivity index is 2.05. The number of hydrogen-bond acceptors (Lipinski definition) is 4. The summed E-state index contributed by atoms with van der Waals surface area (Å²) in [5.41, 5.74) is 0.663. The Bertz CT molecular complexity index is 555. The third-order valence-electron chi connectivity index (χ3n) is 3.29. The average Bonchev–Trinajstić information content (AvgIpc) is 2.46. The van der Waals surface area contributed by atoms with Crippen molar-refractivity contribution in [1.29, 1.82) is 0 Å². The lowest BCUT2D eigenvalue weighted by Gasteiger charge is -2.22. The van der Waals surface area contributed by atoms with E-state index in [9.17, 15) is 8.42 Å². The molecule has 1 saturated heterocycles. The molecule has 1 aromatic rings. The molecule has 0 saturated carbocycles. The molecule has 5 nitrogen and oxygen atoms in total. The molecule has 0 amide bonds. The molecule has 1 unspecified atom stereocenters. The number of aliphatic hydroxyl groups is 1. The van der Waals surface area contributed by atoms with Crippen LogP contribution in [0.4, 0.5) is 0 Å². The zero-order chi connectivity index (χ0) is 14.6. The summed E-state index contributed by atoms with van der Waals surface area (Å²) in [6, 6.07) is 4.71. The number of sulfonamides is 1. The highest BCUT2D eigenvalue weighted by Crippen LogP contribution is 2.23. The summed E-state index contributed by atoms with van der Waals surface area (Å²) in [7, 11) is -3.55. The molecule has 1 aliphatic rings. The Labute approximate surface area is 127 Å². The summed E-state index contributed by atoms with van der Waals surface area (Å²) < 4.78 is 32.9. The first kappa shape index (κ1) is 15.9. The number of rotatable bonds is 5. The molecule has 0 spiro atoms.